The number of hydrogen-bond acceptors (Lipinski definition) is 0. The first-order valence-corrected chi connectivity index (χ1v) is 8.70. The van der Waals surface area contributed by atoms with Gasteiger partial charge in [-0.15, -0.1) is 0 Å². The minimum absolute atomic E-state index is 0.183. The van der Waals surface area contributed by atoms with Crippen molar-refractivity contribution in [1.29, 1.82) is 0 Å². The predicted octanol–water partition coefficient (Wildman–Crippen LogP) is 7.08. The summed E-state index contributed by atoms with van der Waals surface area (Å²) in [6.07, 6.45) is 0. The number of benzene rings is 3. The highest BCUT2D eigenvalue weighted by atomic mass is 79.9. The van der Waals surface area contributed by atoms with Gasteiger partial charge < -0.3 is 0 Å². The molecule has 0 amide bonds. The lowest BCUT2D eigenvalue weighted by Crippen LogP contribution is -2.10. The Hall–Kier alpha value is -1.86. The summed E-state index contributed by atoms with van der Waals surface area (Å²) in [6.45, 7) is 6.74. The minimum Gasteiger partial charge on any atom is -0.0616 e. The molecule has 116 valence electrons. The lowest BCUT2D eigenvalue weighted by molar-refractivity contribution is 0.590. The molecular formula is C22H21Br. The molecule has 3 aromatic carbocycles. The zero-order chi connectivity index (χ0) is 16.4. The van der Waals surface area contributed by atoms with Gasteiger partial charge in [0.2, 0.25) is 0 Å². The van der Waals surface area contributed by atoms with Crippen LogP contribution in [0.1, 0.15) is 26.3 Å². The van der Waals surface area contributed by atoms with Crippen LogP contribution < -0.4 is 0 Å². The molecule has 0 saturated heterocycles. The summed E-state index contributed by atoms with van der Waals surface area (Å²) in [5.74, 6) is 0. The van der Waals surface area contributed by atoms with Crippen LogP contribution in [0.3, 0.4) is 0 Å². The van der Waals surface area contributed by atoms with E-state index in [1.54, 1.807) is 0 Å². The van der Waals surface area contributed by atoms with Crippen LogP contribution in [0.15, 0.2) is 77.3 Å². The van der Waals surface area contributed by atoms with E-state index >= 15 is 0 Å². The van der Waals surface area contributed by atoms with E-state index in [1.807, 2.05) is 0 Å². The average molecular weight is 365 g/mol. The summed E-state index contributed by atoms with van der Waals surface area (Å²) in [4.78, 5) is 0. The second kappa shape index (κ2) is 6.33. The van der Waals surface area contributed by atoms with Gasteiger partial charge in [0, 0.05) is 4.47 Å². The van der Waals surface area contributed by atoms with Gasteiger partial charge in [-0.2, -0.15) is 0 Å². The fourth-order valence-corrected chi connectivity index (χ4v) is 3.19. The van der Waals surface area contributed by atoms with E-state index in [9.17, 15) is 0 Å². The van der Waals surface area contributed by atoms with E-state index in [0.29, 0.717) is 0 Å². The molecule has 3 rings (SSSR count). The van der Waals surface area contributed by atoms with E-state index in [2.05, 4.69) is 109 Å². The maximum atomic E-state index is 3.57. The number of hydrogen-bond donors (Lipinski definition) is 0. The molecule has 0 aliphatic carbocycles. The summed E-state index contributed by atoms with van der Waals surface area (Å²) >= 11 is 3.57. The van der Waals surface area contributed by atoms with Crippen LogP contribution in [-0.2, 0) is 5.41 Å². The summed E-state index contributed by atoms with van der Waals surface area (Å²) in [5, 5.41) is 0. The van der Waals surface area contributed by atoms with Gasteiger partial charge in [0.15, 0.2) is 0 Å². The molecular weight excluding hydrogens is 344 g/mol. The first-order valence-electron chi connectivity index (χ1n) is 7.91. The standard InChI is InChI=1S/C22H21Br/c1-22(2,3)18-13-11-16(12-14-18)20-9-4-5-10-21(20)17-7-6-8-19(23)15-17/h4-15H,1-3H3. The smallest absolute Gasteiger partial charge is 0.0181 e. The van der Waals surface area contributed by atoms with Gasteiger partial charge in [-0.05, 0) is 45.4 Å². The van der Waals surface area contributed by atoms with E-state index in [4.69, 9.17) is 0 Å². The van der Waals surface area contributed by atoms with Gasteiger partial charge in [-0.3, -0.25) is 0 Å². The van der Waals surface area contributed by atoms with Crippen molar-refractivity contribution < 1.29 is 0 Å². The molecule has 0 N–H and O–H groups in total. The lowest BCUT2D eigenvalue weighted by Gasteiger charge is -2.19. The second-order valence-corrected chi connectivity index (χ2v) is 7.80. The van der Waals surface area contributed by atoms with Crippen molar-refractivity contribution in [3.8, 4) is 22.3 Å². The molecule has 0 spiro atoms. The normalized spacial score (nSPS) is 11.5. The summed E-state index contributed by atoms with van der Waals surface area (Å²) in [6, 6.07) is 26.0. The first-order chi connectivity index (χ1) is 10.9. The third-order valence-electron chi connectivity index (χ3n) is 4.12. The minimum atomic E-state index is 0.183. The average Bonchev–Trinajstić information content (AvgIpc) is 2.54. The monoisotopic (exact) mass is 364 g/mol. The van der Waals surface area contributed by atoms with Crippen molar-refractivity contribution in [2.75, 3.05) is 0 Å². The largest absolute Gasteiger partial charge is 0.0616 e. The van der Waals surface area contributed by atoms with Gasteiger partial charge in [0.25, 0.3) is 0 Å². The molecule has 0 unspecified atom stereocenters. The van der Waals surface area contributed by atoms with Gasteiger partial charge in [0.05, 0.1) is 0 Å². The molecule has 0 nitrogen and oxygen atoms in total. The Morgan fingerprint density at radius 2 is 1.26 bits per heavy atom. The Labute approximate surface area is 147 Å². The molecule has 0 aromatic heterocycles. The van der Waals surface area contributed by atoms with Crippen LogP contribution in [0.25, 0.3) is 22.3 Å². The molecule has 0 aliphatic heterocycles. The van der Waals surface area contributed by atoms with Crippen molar-refractivity contribution in [3.63, 3.8) is 0 Å². The Kier molecular flexibility index (Phi) is 4.41. The van der Waals surface area contributed by atoms with Crippen LogP contribution in [0.5, 0.6) is 0 Å². The summed E-state index contributed by atoms with van der Waals surface area (Å²) in [5.41, 5.74) is 6.57. The quantitative estimate of drug-likeness (QED) is 0.455. The first kappa shape index (κ1) is 16.0. The molecule has 0 aliphatic rings. The van der Waals surface area contributed by atoms with E-state index in [1.165, 1.54) is 27.8 Å². The van der Waals surface area contributed by atoms with Gasteiger partial charge >= 0.3 is 0 Å². The highest BCUT2D eigenvalue weighted by Gasteiger charge is 2.14. The third-order valence-corrected chi connectivity index (χ3v) is 4.62. The van der Waals surface area contributed by atoms with Crippen molar-refractivity contribution >= 4 is 15.9 Å². The van der Waals surface area contributed by atoms with E-state index in [-0.39, 0.29) is 5.41 Å². The van der Waals surface area contributed by atoms with Crippen molar-refractivity contribution in [1.82, 2.24) is 0 Å². The maximum absolute atomic E-state index is 3.57. The zero-order valence-electron chi connectivity index (χ0n) is 13.8. The van der Waals surface area contributed by atoms with Gasteiger partial charge in [0.1, 0.15) is 0 Å². The molecule has 0 fully saturated rings. The number of halogens is 1. The van der Waals surface area contributed by atoms with Crippen molar-refractivity contribution in [2.45, 2.75) is 26.2 Å². The Balaban J connectivity index is 2.08. The molecule has 0 atom stereocenters. The van der Waals surface area contributed by atoms with Crippen LogP contribution in [-0.4, -0.2) is 0 Å². The topological polar surface area (TPSA) is 0 Å². The fraction of sp³-hybridized carbons (Fsp3) is 0.182. The second-order valence-electron chi connectivity index (χ2n) is 6.88. The zero-order valence-corrected chi connectivity index (χ0v) is 15.4. The van der Waals surface area contributed by atoms with Crippen molar-refractivity contribution in [2.24, 2.45) is 0 Å². The van der Waals surface area contributed by atoms with Crippen LogP contribution in [0.2, 0.25) is 0 Å². The highest BCUT2D eigenvalue weighted by Crippen LogP contribution is 2.34. The predicted molar refractivity (Wildman–Crippen MR) is 104 cm³/mol. The Bertz CT molecular complexity index is 808. The summed E-state index contributed by atoms with van der Waals surface area (Å²) in [7, 11) is 0. The van der Waals surface area contributed by atoms with Crippen molar-refractivity contribution in [3.05, 3.63) is 82.8 Å². The Morgan fingerprint density at radius 1 is 0.652 bits per heavy atom. The molecule has 0 radical (unpaired) electrons. The lowest BCUT2D eigenvalue weighted by atomic mass is 9.85. The molecule has 1 heteroatoms. The summed E-state index contributed by atoms with van der Waals surface area (Å²) < 4.78 is 1.10. The molecule has 23 heavy (non-hydrogen) atoms. The van der Waals surface area contributed by atoms with Crippen LogP contribution in [0.4, 0.5) is 0 Å². The van der Waals surface area contributed by atoms with E-state index in [0.717, 1.165) is 4.47 Å². The fourth-order valence-electron chi connectivity index (χ4n) is 2.79. The Morgan fingerprint density at radius 3 is 1.83 bits per heavy atom. The third kappa shape index (κ3) is 3.56. The van der Waals surface area contributed by atoms with Crippen LogP contribution in [0, 0.1) is 0 Å². The maximum Gasteiger partial charge on any atom is 0.0181 e. The van der Waals surface area contributed by atoms with Gasteiger partial charge in [-0.25, -0.2) is 0 Å². The number of rotatable bonds is 2. The van der Waals surface area contributed by atoms with E-state index < -0.39 is 0 Å². The highest BCUT2D eigenvalue weighted by molar-refractivity contribution is 9.10. The molecule has 0 heterocycles. The SMILES string of the molecule is CC(C)(C)c1ccc(-c2ccccc2-c2cccc(Br)c2)cc1. The molecule has 0 saturated carbocycles. The van der Waals surface area contributed by atoms with Crippen LogP contribution >= 0.6 is 15.9 Å². The molecule has 0 bridgehead atoms. The van der Waals surface area contributed by atoms with Gasteiger partial charge in [-0.1, -0.05) is 97.4 Å². The molecule has 3 aromatic rings.